The van der Waals surface area contributed by atoms with E-state index in [9.17, 15) is 0 Å². The SMILES string of the molecule is CCO/C=C\[CH]=[Rh]. The van der Waals surface area contributed by atoms with Crippen molar-refractivity contribution in [2.24, 2.45) is 0 Å². The molecule has 43 valence electrons. The Labute approximate surface area is 53.6 Å². The number of rotatable bonds is 3. The second kappa shape index (κ2) is 6.03. The molecule has 0 unspecified atom stereocenters. The van der Waals surface area contributed by atoms with Crippen molar-refractivity contribution in [3.8, 4) is 0 Å². The molecule has 0 saturated carbocycles. The molecular formula is C5H8ORh. The molecule has 0 aliphatic carbocycles. The summed E-state index contributed by atoms with van der Waals surface area (Å²) in [6.45, 7) is 2.69. The summed E-state index contributed by atoms with van der Waals surface area (Å²) >= 11 is 2.62. The van der Waals surface area contributed by atoms with Gasteiger partial charge in [-0.2, -0.15) is 0 Å². The van der Waals surface area contributed by atoms with Crippen LogP contribution >= 0.6 is 0 Å². The van der Waals surface area contributed by atoms with Gasteiger partial charge in [0.15, 0.2) is 0 Å². The van der Waals surface area contributed by atoms with Crippen molar-refractivity contribution in [1.29, 1.82) is 0 Å². The van der Waals surface area contributed by atoms with E-state index < -0.39 is 0 Å². The van der Waals surface area contributed by atoms with Crippen LogP contribution in [-0.4, -0.2) is 11.2 Å². The molecule has 7 heavy (non-hydrogen) atoms. The Hall–Kier alpha value is 0.0334. The van der Waals surface area contributed by atoms with Gasteiger partial charge >= 0.3 is 53.1 Å². The Morgan fingerprint density at radius 1 is 1.71 bits per heavy atom. The minimum absolute atomic E-state index is 0.742. The van der Waals surface area contributed by atoms with E-state index in [1.54, 1.807) is 6.26 Å². The van der Waals surface area contributed by atoms with Gasteiger partial charge in [-0.15, -0.1) is 0 Å². The predicted octanol–water partition coefficient (Wildman–Crippen LogP) is 0.886. The molecule has 0 rings (SSSR count). The van der Waals surface area contributed by atoms with E-state index >= 15 is 0 Å². The van der Waals surface area contributed by atoms with Crippen LogP contribution in [0, 0.1) is 0 Å². The van der Waals surface area contributed by atoms with Crippen LogP contribution in [0.2, 0.25) is 0 Å². The third kappa shape index (κ3) is 6.03. The van der Waals surface area contributed by atoms with Gasteiger partial charge in [0.05, 0.1) is 0 Å². The number of allylic oxidation sites excluding steroid dienone is 1. The number of hydrogen-bond donors (Lipinski definition) is 0. The number of hydrogen-bond acceptors (Lipinski definition) is 1. The van der Waals surface area contributed by atoms with Gasteiger partial charge < -0.3 is 0 Å². The van der Waals surface area contributed by atoms with Crippen molar-refractivity contribution in [2.75, 3.05) is 6.61 Å². The van der Waals surface area contributed by atoms with Crippen LogP contribution in [0.25, 0.3) is 0 Å². The minimum atomic E-state index is 0.742. The van der Waals surface area contributed by atoms with E-state index in [0.29, 0.717) is 0 Å². The standard InChI is InChI=1S/C5H8O.Rh/c1-3-5-6-4-2;/h1,3,5H,4H2,2H3;/b5-3-;. The molecule has 0 spiro atoms. The van der Waals surface area contributed by atoms with E-state index in [2.05, 4.69) is 17.9 Å². The van der Waals surface area contributed by atoms with Gasteiger partial charge in [0, 0.05) is 0 Å². The van der Waals surface area contributed by atoms with Gasteiger partial charge in [0.2, 0.25) is 0 Å². The first-order valence-electron chi connectivity index (χ1n) is 2.09. The Balaban J connectivity index is 2.92. The monoisotopic (exact) mass is 187 g/mol. The van der Waals surface area contributed by atoms with E-state index in [1.165, 1.54) is 0 Å². The van der Waals surface area contributed by atoms with Crippen molar-refractivity contribution in [3.63, 3.8) is 0 Å². The van der Waals surface area contributed by atoms with Crippen LogP contribution in [0.5, 0.6) is 0 Å². The summed E-state index contributed by atoms with van der Waals surface area (Å²) in [6.07, 6.45) is 3.47. The molecule has 0 aromatic carbocycles. The summed E-state index contributed by atoms with van der Waals surface area (Å²) in [6, 6.07) is 0. The zero-order chi connectivity index (χ0) is 5.54. The van der Waals surface area contributed by atoms with Crippen molar-refractivity contribution in [2.45, 2.75) is 6.92 Å². The zero-order valence-corrected chi connectivity index (χ0v) is 5.82. The van der Waals surface area contributed by atoms with Gasteiger partial charge in [-0.25, -0.2) is 0 Å². The third-order valence-electron chi connectivity index (χ3n) is 0.406. The average molecular weight is 187 g/mol. The third-order valence-corrected chi connectivity index (χ3v) is 0.721. The maximum absolute atomic E-state index is 4.84. The Morgan fingerprint density at radius 2 is 2.43 bits per heavy atom. The summed E-state index contributed by atoms with van der Waals surface area (Å²) in [5.41, 5.74) is 0. The second-order valence-electron chi connectivity index (χ2n) is 0.895. The molecule has 0 aliphatic heterocycles. The zero-order valence-electron chi connectivity index (χ0n) is 4.18. The Kier molecular flexibility index (Phi) is 6.06. The van der Waals surface area contributed by atoms with Gasteiger partial charge in [0.1, 0.15) is 0 Å². The quantitative estimate of drug-likeness (QED) is 0.470. The van der Waals surface area contributed by atoms with E-state index in [1.807, 2.05) is 17.6 Å². The summed E-state index contributed by atoms with van der Waals surface area (Å²) in [7, 11) is 0. The molecule has 1 nitrogen and oxygen atoms in total. The molecule has 0 bridgehead atoms. The van der Waals surface area contributed by atoms with Crippen LogP contribution in [0.1, 0.15) is 6.92 Å². The molecule has 0 atom stereocenters. The van der Waals surface area contributed by atoms with Crippen molar-refractivity contribution < 1.29 is 22.6 Å². The molecular weight excluding hydrogens is 179 g/mol. The van der Waals surface area contributed by atoms with Gasteiger partial charge in [-0.3, -0.25) is 0 Å². The van der Waals surface area contributed by atoms with Crippen LogP contribution in [0.15, 0.2) is 12.3 Å². The van der Waals surface area contributed by atoms with Gasteiger partial charge in [0.25, 0.3) is 0 Å². The van der Waals surface area contributed by atoms with Crippen LogP contribution < -0.4 is 0 Å². The predicted molar refractivity (Wildman–Crippen MR) is 26.8 cm³/mol. The summed E-state index contributed by atoms with van der Waals surface area (Å²) in [4.78, 5) is 0. The molecule has 0 aliphatic rings. The Morgan fingerprint density at radius 3 is 2.86 bits per heavy atom. The first kappa shape index (κ1) is 7.03. The molecule has 0 heterocycles. The summed E-state index contributed by atoms with van der Waals surface area (Å²) in [5.74, 6) is 0. The number of ether oxygens (including phenoxy) is 1. The van der Waals surface area contributed by atoms with Crippen LogP contribution in [0.3, 0.4) is 0 Å². The van der Waals surface area contributed by atoms with E-state index in [-0.39, 0.29) is 0 Å². The molecule has 2 heteroatoms. The van der Waals surface area contributed by atoms with Crippen molar-refractivity contribution in [3.05, 3.63) is 12.3 Å². The van der Waals surface area contributed by atoms with Crippen molar-refractivity contribution >= 4 is 4.61 Å². The molecule has 0 fully saturated rings. The maximum atomic E-state index is 4.84. The van der Waals surface area contributed by atoms with E-state index in [0.717, 1.165) is 6.61 Å². The second-order valence-corrected chi connectivity index (χ2v) is 1.44. The first-order chi connectivity index (χ1) is 3.41. The first-order valence-corrected chi connectivity index (χ1v) is 3.04. The fourth-order valence-corrected chi connectivity index (χ4v) is 0.307. The van der Waals surface area contributed by atoms with Crippen LogP contribution in [0.4, 0.5) is 0 Å². The molecule has 0 aromatic rings. The summed E-state index contributed by atoms with van der Waals surface area (Å²) in [5, 5.41) is 0. The van der Waals surface area contributed by atoms with Crippen molar-refractivity contribution in [1.82, 2.24) is 0 Å². The fraction of sp³-hybridized carbons (Fsp3) is 0.400. The molecule has 0 aromatic heterocycles. The molecule has 0 N–H and O–H groups in total. The summed E-state index contributed by atoms with van der Waals surface area (Å²) < 4.78 is 6.66. The molecule has 0 radical (unpaired) electrons. The fourth-order valence-electron chi connectivity index (χ4n) is 0.178. The van der Waals surface area contributed by atoms with Gasteiger partial charge in [-0.05, 0) is 0 Å². The van der Waals surface area contributed by atoms with Gasteiger partial charge in [-0.1, -0.05) is 0 Å². The molecule has 0 amide bonds. The topological polar surface area (TPSA) is 9.23 Å². The Bertz CT molecular complexity index is 68.5. The average Bonchev–Trinajstić information content (AvgIpc) is 1.69. The van der Waals surface area contributed by atoms with E-state index in [4.69, 9.17) is 4.74 Å². The van der Waals surface area contributed by atoms with Crippen LogP contribution in [-0.2, 0) is 22.6 Å². The normalized spacial score (nSPS) is 9.43. The molecule has 0 saturated heterocycles.